The lowest BCUT2D eigenvalue weighted by atomic mass is 10.1. The number of para-hydroxylation sites is 1. The van der Waals surface area contributed by atoms with Gasteiger partial charge in [-0.25, -0.2) is 22.5 Å². The van der Waals surface area contributed by atoms with Gasteiger partial charge in [-0.3, -0.25) is 9.59 Å². The van der Waals surface area contributed by atoms with Crippen molar-refractivity contribution in [2.24, 2.45) is 0 Å². The molecule has 0 unspecified atom stereocenters. The maximum atomic E-state index is 13.2. The minimum absolute atomic E-state index is 0.0688. The third-order valence-corrected chi connectivity index (χ3v) is 8.04. The van der Waals surface area contributed by atoms with E-state index in [4.69, 9.17) is 0 Å². The van der Waals surface area contributed by atoms with Crippen LogP contribution in [0.2, 0.25) is 0 Å². The lowest BCUT2D eigenvalue weighted by Gasteiger charge is -2.13. The normalized spacial score (nSPS) is 11.2. The zero-order valence-corrected chi connectivity index (χ0v) is 22.2. The van der Waals surface area contributed by atoms with Gasteiger partial charge in [0.15, 0.2) is 0 Å². The summed E-state index contributed by atoms with van der Waals surface area (Å²) in [4.78, 5) is 29.4. The van der Waals surface area contributed by atoms with Crippen molar-refractivity contribution in [3.8, 4) is 21.8 Å². The first-order valence-electron chi connectivity index (χ1n) is 12.0. The van der Waals surface area contributed by atoms with Gasteiger partial charge in [-0.05, 0) is 55.0 Å². The molecular formula is C28H26FN3O4S2. The predicted octanol–water partition coefficient (Wildman–Crippen LogP) is 6.25. The molecule has 38 heavy (non-hydrogen) atoms. The molecule has 3 aromatic carbocycles. The molecule has 1 aromatic heterocycles. The second-order valence-corrected chi connectivity index (χ2v) is 11.1. The highest BCUT2D eigenvalue weighted by Gasteiger charge is 2.22. The van der Waals surface area contributed by atoms with E-state index in [0.29, 0.717) is 12.0 Å². The molecule has 4 rings (SSSR count). The molecule has 0 aliphatic carbocycles. The molecule has 0 bridgehead atoms. The lowest BCUT2D eigenvalue weighted by Crippen LogP contribution is -2.31. The summed E-state index contributed by atoms with van der Waals surface area (Å²) in [5, 5.41) is 5.25. The number of thiazole rings is 1. The van der Waals surface area contributed by atoms with Crippen LogP contribution >= 0.6 is 11.3 Å². The molecule has 1 heterocycles. The maximum Gasteiger partial charge on any atom is 0.266 e. The van der Waals surface area contributed by atoms with Crippen molar-refractivity contribution in [2.75, 3.05) is 5.32 Å². The fourth-order valence-corrected chi connectivity index (χ4v) is 5.73. The van der Waals surface area contributed by atoms with E-state index in [1.54, 1.807) is 42.5 Å². The van der Waals surface area contributed by atoms with E-state index in [-0.39, 0.29) is 22.8 Å². The number of amides is 2. The SMILES string of the molecule is CCCCCC(=O)NS(=O)(=O)c1ccccc1NC(=O)c1ccc(-c2nc(-c3ccc(F)cc3)cs2)cc1. The van der Waals surface area contributed by atoms with E-state index in [9.17, 15) is 22.4 Å². The second kappa shape index (κ2) is 12.1. The molecule has 10 heteroatoms. The van der Waals surface area contributed by atoms with Crippen LogP contribution in [0.15, 0.2) is 83.1 Å². The predicted molar refractivity (Wildman–Crippen MR) is 147 cm³/mol. The van der Waals surface area contributed by atoms with Crippen molar-refractivity contribution in [3.05, 3.63) is 89.6 Å². The second-order valence-electron chi connectivity index (χ2n) is 8.56. The van der Waals surface area contributed by atoms with Crippen LogP contribution in [-0.4, -0.2) is 25.2 Å². The van der Waals surface area contributed by atoms with E-state index in [1.165, 1.54) is 41.7 Å². The van der Waals surface area contributed by atoms with Crippen LogP contribution in [0.4, 0.5) is 10.1 Å². The number of sulfonamides is 1. The largest absolute Gasteiger partial charge is 0.321 e. The number of nitrogens with zero attached hydrogens (tertiary/aromatic N) is 1. The van der Waals surface area contributed by atoms with Gasteiger partial charge in [0.05, 0.1) is 11.4 Å². The highest BCUT2D eigenvalue weighted by atomic mass is 32.2. The number of hydrogen-bond donors (Lipinski definition) is 2. The molecule has 2 amide bonds. The summed E-state index contributed by atoms with van der Waals surface area (Å²) in [7, 11) is -4.16. The minimum atomic E-state index is -4.16. The molecule has 4 aromatic rings. The molecule has 196 valence electrons. The average Bonchev–Trinajstić information content (AvgIpc) is 3.40. The molecule has 0 atom stereocenters. The third kappa shape index (κ3) is 6.70. The number of carbonyl (C=O) groups is 2. The number of unbranched alkanes of at least 4 members (excludes halogenated alkanes) is 2. The first-order chi connectivity index (χ1) is 18.3. The van der Waals surface area contributed by atoms with E-state index in [0.717, 1.165) is 34.7 Å². The maximum absolute atomic E-state index is 13.2. The van der Waals surface area contributed by atoms with Crippen molar-refractivity contribution in [3.63, 3.8) is 0 Å². The van der Waals surface area contributed by atoms with Crippen molar-refractivity contribution in [1.82, 2.24) is 9.71 Å². The Morgan fingerprint density at radius 2 is 1.61 bits per heavy atom. The van der Waals surface area contributed by atoms with Gasteiger partial charge in [0.1, 0.15) is 15.7 Å². The van der Waals surface area contributed by atoms with Crippen LogP contribution in [0.25, 0.3) is 21.8 Å². The Hall–Kier alpha value is -3.89. The van der Waals surface area contributed by atoms with Crippen LogP contribution in [0.1, 0.15) is 43.0 Å². The Morgan fingerprint density at radius 3 is 2.32 bits per heavy atom. The molecular weight excluding hydrogens is 525 g/mol. The number of carbonyl (C=O) groups excluding carboxylic acids is 2. The van der Waals surface area contributed by atoms with Gasteiger partial charge in [0, 0.05) is 28.5 Å². The summed E-state index contributed by atoms with van der Waals surface area (Å²) < 4.78 is 40.9. The number of rotatable bonds is 10. The van der Waals surface area contributed by atoms with Gasteiger partial charge >= 0.3 is 0 Å². The first kappa shape index (κ1) is 27.2. The minimum Gasteiger partial charge on any atom is -0.321 e. The molecule has 0 saturated heterocycles. The third-order valence-electron chi connectivity index (χ3n) is 5.72. The van der Waals surface area contributed by atoms with Gasteiger partial charge in [-0.15, -0.1) is 11.3 Å². The Kier molecular flexibility index (Phi) is 8.65. The van der Waals surface area contributed by atoms with Crippen molar-refractivity contribution >= 4 is 38.9 Å². The summed E-state index contributed by atoms with van der Waals surface area (Å²) in [6.07, 6.45) is 2.45. The molecule has 0 saturated carbocycles. The smallest absolute Gasteiger partial charge is 0.266 e. The van der Waals surface area contributed by atoms with Crippen LogP contribution in [-0.2, 0) is 14.8 Å². The number of halogens is 1. The van der Waals surface area contributed by atoms with Crippen molar-refractivity contribution in [1.29, 1.82) is 0 Å². The van der Waals surface area contributed by atoms with Gasteiger partial charge < -0.3 is 5.32 Å². The van der Waals surface area contributed by atoms with Gasteiger partial charge in [0.25, 0.3) is 15.9 Å². The Morgan fingerprint density at radius 1 is 0.921 bits per heavy atom. The zero-order chi connectivity index (χ0) is 27.1. The molecule has 0 aliphatic heterocycles. The average molecular weight is 552 g/mol. The Balaban J connectivity index is 1.46. The lowest BCUT2D eigenvalue weighted by molar-refractivity contribution is -0.119. The fraction of sp³-hybridized carbons (Fsp3) is 0.179. The highest BCUT2D eigenvalue weighted by molar-refractivity contribution is 7.90. The quantitative estimate of drug-likeness (QED) is 0.227. The van der Waals surface area contributed by atoms with E-state index >= 15 is 0 Å². The number of anilines is 1. The number of hydrogen-bond acceptors (Lipinski definition) is 6. The van der Waals surface area contributed by atoms with Gasteiger partial charge in [0.2, 0.25) is 5.91 Å². The van der Waals surface area contributed by atoms with Crippen LogP contribution in [0.5, 0.6) is 0 Å². The molecule has 0 aliphatic rings. The highest BCUT2D eigenvalue weighted by Crippen LogP contribution is 2.29. The number of benzene rings is 3. The summed E-state index contributed by atoms with van der Waals surface area (Å²) in [5.74, 6) is -1.40. The Labute approximate surface area is 224 Å². The van der Waals surface area contributed by atoms with Crippen molar-refractivity contribution < 1.29 is 22.4 Å². The summed E-state index contributed by atoms with van der Waals surface area (Å²) in [6, 6.07) is 18.8. The summed E-state index contributed by atoms with van der Waals surface area (Å²) in [5.41, 5.74) is 2.71. The monoisotopic (exact) mass is 551 g/mol. The van der Waals surface area contributed by atoms with Crippen LogP contribution in [0, 0.1) is 5.82 Å². The van der Waals surface area contributed by atoms with Gasteiger partial charge in [-0.2, -0.15) is 0 Å². The molecule has 0 fully saturated rings. The van der Waals surface area contributed by atoms with Crippen molar-refractivity contribution in [2.45, 2.75) is 37.5 Å². The Bertz CT molecular complexity index is 1530. The number of aromatic nitrogens is 1. The molecule has 0 radical (unpaired) electrons. The van der Waals surface area contributed by atoms with E-state index in [2.05, 4.69) is 15.0 Å². The summed E-state index contributed by atoms with van der Waals surface area (Å²) >= 11 is 1.43. The van der Waals surface area contributed by atoms with Crippen LogP contribution in [0.3, 0.4) is 0 Å². The molecule has 2 N–H and O–H groups in total. The topological polar surface area (TPSA) is 105 Å². The van der Waals surface area contributed by atoms with E-state index < -0.39 is 21.8 Å². The van der Waals surface area contributed by atoms with E-state index in [1.807, 2.05) is 12.3 Å². The zero-order valence-electron chi connectivity index (χ0n) is 20.6. The summed E-state index contributed by atoms with van der Waals surface area (Å²) in [6.45, 7) is 1.99. The number of nitrogens with one attached hydrogen (secondary N) is 2. The molecule has 7 nitrogen and oxygen atoms in total. The molecule has 0 spiro atoms. The van der Waals surface area contributed by atoms with Gasteiger partial charge in [-0.1, -0.05) is 44.0 Å². The standard InChI is InChI=1S/C28H26FN3O4S2/c1-2-3-4-9-26(33)32-38(35,36)25-8-6-5-7-23(25)30-27(34)20-10-12-21(13-11-20)28-31-24(18-37-28)19-14-16-22(29)17-15-19/h5-8,10-18H,2-4,9H2,1H3,(H,30,34)(H,32,33). The van der Waals surface area contributed by atoms with Crippen LogP contribution < -0.4 is 10.0 Å². The first-order valence-corrected chi connectivity index (χ1v) is 14.4. The fourth-order valence-electron chi connectivity index (χ4n) is 3.71.